The molecule has 3 aliphatic heterocycles. The maximum atomic E-state index is 13.7. The molecular formula is C38H44N6O5. The number of unbranched alkanes of at least 4 members (excludes halogenated alkanes) is 3. The summed E-state index contributed by atoms with van der Waals surface area (Å²) in [5, 5.41) is 0. The third-order valence-corrected chi connectivity index (χ3v) is 9.84. The molecule has 2 aromatic carbocycles. The van der Waals surface area contributed by atoms with Gasteiger partial charge in [0.15, 0.2) is 17.2 Å². The maximum absolute atomic E-state index is 13.7. The van der Waals surface area contributed by atoms with E-state index in [2.05, 4.69) is 9.89 Å². The van der Waals surface area contributed by atoms with Crippen LogP contribution in [-0.4, -0.2) is 108 Å². The van der Waals surface area contributed by atoms with Gasteiger partial charge in [-0.1, -0.05) is 18.9 Å². The molecule has 5 heterocycles. The first kappa shape index (κ1) is 32.6. The summed E-state index contributed by atoms with van der Waals surface area (Å²) in [5.41, 5.74) is 3.46. The lowest BCUT2D eigenvalue weighted by molar-refractivity contribution is 0.0631. The van der Waals surface area contributed by atoms with Crippen LogP contribution in [0, 0.1) is 0 Å². The Hall–Kier alpha value is -4.90. The van der Waals surface area contributed by atoms with Crippen molar-refractivity contribution >= 4 is 29.2 Å². The molecule has 0 bridgehead atoms. The Kier molecular flexibility index (Phi) is 9.79. The number of ether oxygens (including phenoxy) is 3. The van der Waals surface area contributed by atoms with E-state index in [0.717, 1.165) is 87.4 Å². The van der Waals surface area contributed by atoms with Gasteiger partial charge in [0, 0.05) is 56.8 Å². The smallest absolute Gasteiger partial charge is 0.274 e. The summed E-state index contributed by atoms with van der Waals surface area (Å²) >= 11 is 0. The number of aliphatic imine (C=N–C) groups is 1. The van der Waals surface area contributed by atoms with Crippen molar-refractivity contribution in [2.24, 2.45) is 4.99 Å². The first-order valence-corrected chi connectivity index (χ1v) is 17.4. The lowest BCUT2D eigenvalue weighted by Crippen LogP contribution is -2.49. The standard InChI is InChI=1S/C38H44N6O5/c1-47-29-14-12-27(13-15-29)36-40-35(32-11-5-7-17-44(32)36)38(46)42-21-19-41(20-22-42)16-6-3-4-8-23-49-34-25-31-30(24-33(34)48-2)37(45)43-18-9-10-28(43)26-39-31/h5,7,11-15,17,24-26,28H,3-4,6,8-10,16,18-23H2,1-2H3/t28-/m0/s1. The van der Waals surface area contributed by atoms with Crippen LogP contribution in [0.2, 0.25) is 0 Å². The number of aromatic nitrogens is 2. The van der Waals surface area contributed by atoms with Gasteiger partial charge in [-0.3, -0.25) is 23.9 Å². The molecule has 0 N–H and O–H groups in total. The fourth-order valence-corrected chi connectivity index (χ4v) is 7.06. The number of methoxy groups -OCH3 is 2. The third kappa shape index (κ3) is 6.85. The van der Waals surface area contributed by atoms with E-state index < -0.39 is 0 Å². The number of nitrogens with zero attached hydrogens (tertiary/aromatic N) is 6. The van der Waals surface area contributed by atoms with E-state index in [1.807, 2.05) is 75.1 Å². The van der Waals surface area contributed by atoms with Crippen molar-refractivity contribution in [2.75, 3.05) is 60.1 Å². The number of benzene rings is 2. The average Bonchev–Trinajstić information content (AvgIpc) is 3.76. The van der Waals surface area contributed by atoms with Crippen molar-refractivity contribution in [3.8, 4) is 28.6 Å². The molecular weight excluding hydrogens is 620 g/mol. The average molecular weight is 665 g/mol. The molecule has 49 heavy (non-hydrogen) atoms. The number of imidazole rings is 1. The van der Waals surface area contributed by atoms with Gasteiger partial charge in [-0.25, -0.2) is 4.98 Å². The molecule has 0 aliphatic carbocycles. The summed E-state index contributed by atoms with van der Waals surface area (Å²) < 4.78 is 19.0. The Bertz CT molecular complexity index is 1830. The van der Waals surface area contributed by atoms with Gasteiger partial charge in [-0.05, 0) is 74.7 Å². The molecule has 4 aromatic rings. The topological polar surface area (TPSA) is 101 Å². The van der Waals surface area contributed by atoms with E-state index in [-0.39, 0.29) is 17.9 Å². The van der Waals surface area contributed by atoms with Crippen LogP contribution in [0.4, 0.5) is 5.69 Å². The number of rotatable bonds is 12. The number of carbonyl (C=O) groups excluding carboxylic acids is 2. The number of piperazine rings is 1. The number of hydrogen-bond acceptors (Lipinski definition) is 8. The second-order valence-electron chi connectivity index (χ2n) is 12.9. The molecule has 2 aromatic heterocycles. The molecule has 0 saturated carbocycles. The molecule has 3 aliphatic rings. The molecule has 7 rings (SSSR count). The van der Waals surface area contributed by atoms with Gasteiger partial charge in [0.25, 0.3) is 11.8 Å². The fourth-order valence-electron chi connectivity index (χ4n) is 7.06. The van der Waals surface area contributed by atoms with Crippen molar-refractivity contribution < 1.29 is 23.8 Å². The van der Waals surface area contributed by atoms with E-state index in [0.29, 0.717) is 48.1 Å². The normalized spacial score (nSPS) is 17.6. The second-order valence-corrected chi connectivity index (χ2v) is 12.9. The number of pyridine rings is 1. The summed E-state index contributed by atoms with van der Waals surface area (Å²) in [6, 6.07) is 17.3. The van der Waals surface area contributed by atoms with Crippen LogP contribution >= 0.6 is 0 Å². The molecule has 0 spiro atoms. The number of hydrogen-bond donors (Lipinski definition) is 0. The van der Waals surface area contributed by atoms with Gasteiger partial charge in [0.05, 0.1) is 43.6 Å². The van der Waals surface area contributed by atoms with Gasteiger partial charge in [-0.2, -0.15) is 0 Å². The van der Waals surface area contributed by atoms with Crippen LogP contribution in [0.15, 0.2) is 65.8 Å². The maximum Gasteiger partial charge on any atom is 0.274 e. The van der Waals surface area contributed by atoms with Crippen LogP contribution < -0.4 is 14.2 Å². The van der Waals surface area contributed by atoms with Gasteiger partial charge in [0.1, 0.15) is 11.6 Å². The molecule has 1 atom stereocenters. The van der Waals surface area contributed by atoms with Crippen LogP contribution in [-0.2, 0) is 0 Å². The third-order valence-electron chi connectivity index (χ3n) is 9.84. The van der Waals surface area contributed by atoms with Crippen LogP contribution in [0.5, 0.6) is 17.2 Å². The lowest BCUT2D eigenvalue weighted by Gasteiger charge is -2.34. The van der Waals surface area contributed by atoms with Crippen molar-refractivity contribution in [1.29, 1.82) is 0 Å². The van der Waals surface area contributed by atoms with E-state index >= 15 is 0 Å². The molecule has 0 unspecified atom stereocenters. The van der Waals surface area contributed by atoms with E-state index in [1.165, 1.54) is 0 Å². The zero-order chi connectivity index (χ0) is 33.7. The molecule has 11 nitrogen and oxygen atoms in total. The molecule has 0 radical (unpaired) electrons. The fraction of sp³-hybridized carbons (Fsp3) is 0.421. The minimum absolute atomic E-state index is 0.0129. The Morgan fingerprint density at radius 3 is 2.51 bits per heavy atom. The Balaban J connectivity index is 0.855. The number of amides is 2. The first-order valence-electron chi connectivity index (χ1n) is 17.4. The Morgan fingerprint density at radius 1 is 0.898 bits per heavy atom. The predicted octanol–water partition coefficient (Wildman–Crippen LogP) is 5.74. The van der Waals surface area contributed by atoms with E-state index in [9.17, 15) is 9.59 Å². The van der Waals surface area contributed by atoms with Crippen LogP contribution in [0.1, 0.15) is 59.4 Å². The SMILES string of the molecule is COc1ccc(-c2nc(C(=O)N3CCN(CCCCCCOc4cc5c(cc4OC)C(=O)N4CCC[C@H]4C=N5)CC3)c3ccccn23)cc1. The zero-order valence-corrected chi connectivity index (χ0v) is 28.3. The highest BCUT2D eigenvalue weighted by Crippen LogP contribution is 2.38. The van der Waals surface area contributed by atoms with Crippen LogP contribution in [0.3, 0.4) is 0 Å². The second kappa shape index (κ2) is 14.7. The highest BCUT2D eigenvalue weighted by molar-refractivity contribution is 6.03. The zero-order valence-electron chi connectivity index (χ0n) is 28.3. The molecule has 2 amide bonds. The summed E-state index contributed by atoms with van der Waals surface area (Å²) in [5.74, 6) is 2.71. The van der Waals surface area contributed by atoms with Gasteiger partial charge < -0.3 is 24.0 Å². The molecule has 256 valence electrons. The Labute approximate surface area is 287 Å². The monoisotopic (exact) mass is 664 g/mol. The summed E-state index contributed by atoms with van der Waals surface area (Å²) in [6.07, 6.45) is 10.0. The van der Waals surface area contributed by atoms with Gasteiger partial charge >= 0.3 is 0 Å². The van der Waals surface area contributed by atoms with E-state index in [1.54, 1.807) is 20.3 Å². The predicted molar refractivity (Wildman–Crippen MR) is 189 cm³/mol. The highest BCUT2D eigenvalue weighted by Gasteiger charge is 2.32. The minimum Gasteiger partial charge on any atom is -0.497 e. The quantitative estimate of drug-likeness (QED) is 0.178. The molecule has 11 heteroatoms. The van der Waals surface area contributed by atoms with Crippen molar-refractivity contribution in [2.45, 2.75) is 44.6 Å². The van der Waals surface area contributed by atoms with Gasteiger partial charge in [0.2, 0.25) is 0 Å². The van der Waals surface area contributed by atoms with Crippen molar-refractivity contribution in [3.63, 3.8) is 0 Å². The van der Waals surface area contributed by atoms with E-state index in [4.69, 9.17) is 19.2 Å². The molecule has 2 saturated heterocycles. The van der Waals surface area contributed by atoms with Crippen molar-refractivity contribution in [3.05, 3.63) is 72.1 Å². The van der Waals surface area contributed by atoms with Crippen molar-refractivity contribution in [1.82, 2.24) is 24.1 Å². The summed E-state index contributed by atoms with van der Waals surface area (Å²) in [4.78, 5) is 42.5. The molecule has 2 fully saturated rings. The lowest BCUT2D eigenvalue weighted by atomic mass is 10.1. The highest BCUT2D eigenvalue weighted by atomic mass is 16.5. The summed E-state index contributed by atoms with van der Waals surface area (Å²) in [6.45, 7) is 5.44. The summed E-state index contributed by atoms with van der Waals surface area (Å²) in [7, 11) is 3.25. The Morgan fingerprint density at radius 2 is 1.71 bits per heavy atom. The minimum atomic E-state index is -0.0204. The first-order chi connectivity index (χ1) is 24.0. The van der Waals surface area contributed by atoms with Gasteiger partial charge in [-0.15, -0.1) is 0 Å². The number of fused-ring (bicyclic) bond motifs is 3. The largest absolute Gasteiger partial charge is 0.497 e. The van der Waals surface area contributed by atoms with Crippen LogP contribution in [0.25, 0.3) is 16.9 Å². The number of carbonyl (C=O) groups is 2.